The van der Waals surface area contributed by atoms with Gasteiger partial charge in [-0.2, -0.15) is 0 Å². The number of nitrogens with one attached hydrogen (secondary N) is 2. The van der Waals surface area contributed by atoms with Crippen LogP contribution in [0.4, 0.5) is 0 Å². The maximum atomic E-state index is 6.18. The van der Waals surface area contributed by atoms with Crippen LogP contribution in [0.3, 0.4) is 0 Å². The predicted octanol–water partition coefficient (Wildman–Crippen LogP) is 0.695. The van der Waals surface area contributed by atoms with Gasteiger partial charge < -0.3 is 25.3 Å². The van der Waals surface area contributed by atoms with Crippen LogP contribution in [-0.2, 0) is 6.42 Å². The van der Waals surface area contributed by atoms with E-state index in [0.717, 1.165) is 18.5 Å². The largest absolute Gasteiger partial charge is 0.493 e. The van der Waals surface area contributed by atoms with Crippen molar-refractivity contribution in [2.24, 2.45) is 11.7 Å². The van der Waals surface area contributed by atoms with Gasteiger partial charge >= 0.3 is 0 Å². The highest BCUT2D eigenvalue weighted by atomic mass is 16.5. The lowest BCUT2D eigenvalue weighted by Gasteiger charge is -2.35. The lowest BCUT2D eigenvalue weighted by molar-refractivity contribution is 0.233. The third-order valence-corrected chi connectivity index (χ3v) is 3.86. The second-order valence-corrected chi connectivity index (χ2v) is 5.32. The smallest absolute Gasteiger partial charge is 0.203 e. The van der Waals surface area contributed by atoms with Crippen molar-refractivity contribution in [3.63, 3.8) is 0 Å². The molecule has 2 rings (SSSR count). The number of hydrogen-bond acceptors (Lipinski definition) is 6. The molecule has 0 spiro atoms. The quantitative estimate of drug-likeness (QED) is 0.742. The zero-order chi connectivity index (χ0) is 15.4. The first-order valence-corrected chi connectivity index (χ1v) is 7.13. The molecule has 1 saturated heterocycles. The molecule has 1 heterocycles. The summed E-state index contributed by atoms with van der Waals surface area (Å²) in [6.07, 6.45) is 1.06. The lowest BCUT2D eigenvalue weighted by Crippen LogP contribution is -2.61. The Morgan fingerprint density at radius 1 is 1.14 bits per heavy atom. The molecule has 0 radical (unpaired) electrons. The van der Waals surface area contributed by atoms with E-state index in [0.29, 0.717) is 23.2 Å². The molecule has 1 aromatic carbocycles. The standard InChI is InChI=1S/C15H25N3O3/c1-9-17-8-11(15(16)18-9)5-10-6-12(19-2)14(21-4)13(7-10)20-3/h6-7,9,11,15,17-18H,5,8,16H2,1-4H3. The highest BCUT2D eigenvalue weighted by Gasteiger charge is 2.25. The van der Waals surface area contributed by atoms with Crippen molar-refractivity contribution in [2.75, 3.05) is 27.9 Å². The second-order valence-electron chi connectivity index (χ2n) is 5.32. The van der Waals surface area contributed by atoms with Crippen LogP contribution in [0.15, 0.2) is 12.1 Å². The fourth-order valence-corrected chi connectivity index (χ4v) is 2.69. The van der Waals surface area contributed by atoms with Gasteiger partial charge in [-0.15, -0.1) is 0 Å². The average Bonchev–Trinajstić information content (AvgIpc) is 2.49. The lowest BCUT2D eigenvalue weighted by atomic mass is 9.94. The fraction of sp³-hybridized carbons (Fsp3) is 0.600. The van der Waals surface area contributed by atoms with Gasteiger partial charge in [-0.25, -0.2) is 0 Å². The van der Waals surface area contributed by atoms with E-state index < -0.39 is 0 Å². The summed E-state index contributed by atoms with van der Waals surface area (Å²) >= 11 is 0. The Bertz CT molecular complexity index is 456. The fourth-order valence-electron chi connectivity index (χ4n) is 2.69. The molecule has 1 aliphatic rings. The molecule has 0 amide bonds. The summed E-state index contributed by atoms with van der Waals surface area (Å²) in [6, 6.07) is 3.96. The summed E-state index contributed by atoms with van der Waals surface area (Å²) in [6.45, 7) is 2.95. The molecule has 1 aliphatic heterocycles. The van der Waals surface area contributed by atoms with E-state index in [-0.39, 0.29) is 12.3 Å². The van der Waals surface area contributed by atoms with Crippen LogP contribution in [0.1, 0.15) is 12.5 Å². The summed E-state index contributed by atoms with van der Waals surface area (Å²) in [5.74, 6) is 2.27. The molecule has 0 bridgehead atoms. The van der Waals surface area contributed by atoms with Crippen molar-refractivity contribution in [1.82, 2.24) is 10.6 Å². The number of rotatable bonds is 5. The van der Waals surface area contributed by atoms with Crippen molar-refractivity contribution < 1.29 is 14.2 Å². The third kappa shape index (κ3) is 3.58. The van der Waals surface area contributed by atoms with Gasteiger partial charge in [0.1, 0.15) is 0 Å². The molecule has 3 unspecified atom stereocenters. The Hall–Kier alpha value is -1.50. The van der Waals surface area contributed by atoms with Crippen LogP contribution >= 0.6 is 0 Å². The van der Waals surface area contributed by atoms with E-state index in [2.05, 4.69) is 17.6 Å². The minimum Gasteiger partial charge on any atom is -0.493 e. The van der Waals surface area contributed by atoms with E-state index >= 15 is 0 Å². The van der Waals surface area contributed by atoms with Gasteiger partial charge in [0.2, 0.25) is 5.75 Å². The van der Waals surface area contributed by atoms with Crippen molar-refractivity contribution in [2.45, 2.75) is 25.7 Å². The minimum atomic E-state index is -0.0275. The van der Waals surface area contributed by atoms with Crippen LogP contribution in [0, 0.1) is 5.92 Å². The molecule has 118 valence electrons. The van der Waals surface area contributed by atoms with Crippen molar-refractivity contribution in [3.8, 4) is 17.2 Å². The number of methoxy groups -OCH3 is 3. The first-order chi connectivity index (χ1) is 10.1. The highest BCUT2D eigenvalue weighted by molar-refractivity contribution is 5.53. The zero-order valence-electron chi connectivity index (χ0n) is 13.1. The summed E-state index contributed by atoms with van der Waals surface area (Å²) in [7, 11) is 4.85. The molecule has 0 aliphatic carbocycles. The third-order valence-electron chi connectivity index (χ3n) is 3.86. The predicted molar refractivity (Wildman–Crippen MR) is 81.9 cm³/mol. The van der Waals surface area contributed by atoms with Crippen LogP contribution in [0.5, 0.6) is 17.2 Å². The second kappa shape index (κ2) is 6.98. The average molecular weight is 295 g/mol. The van der Waals surface area contributed by atoms with E-state index in [4.69, 9.17) is 19.9 Å². The van der Waals surface area contributed by atoms with Gasteiger partial charge in [0.15, 0.2) is 11.5 Å². The Labute approximate surface area is 125 Å². The SMILES string of the molecule is COc1cc(CC2CNC(C)NC2N)cc(OC)c1OC. The first-order valence-electron chi connectivity index (χ1n) is 7.13. The molecule has 4 N–H and O–H groups in total. The monoisotopic (exact) mass is 295 g/mol. The molecule has 3 atom stereocenters. The van der Waals surface area contributed by atoms with Gasteiger partial charge in [-0.3, -0.25) is 5.32 Å². The molecule has 1 fully saturated rings. The van der Waals surface area contributed by atoms with Gasteiger partial charge in [0, 0.05) is 12.5 Å². The normalized spacial score (nSPS) is 25.5. The number of nitrogens with two attached hydrogens (primary N) is 1. The minimum absolute atomic E-state index is 0.0275. The Balaban J connectivity index is 2.20. The van der Waals surface area contributed by atoms with Gasteiger partial charge in [0.05, 0.1) is 33.7 Å². The van der Waals surface area contributed by atoms with Crippen molar-refractivity contribution >= 4 is 0 Å². The van der Waals surface area contributed by atoms with E-state index in [1.165, 1.54) is 0 Å². The van der Waals surface area contributed by atoms with E-state index in [1.807, 2.05) is 12.1 Å². The Morgan fingerprint density at radius 3 is 2.24 bits per heavy atom. The van der Waals surface area contributed by atoms with Crippen LogP contribution in [0.25, 0.3) is 0 Å². The van der Waals surface area contributed by atoms with Gasteiger partial charge in [-0.05, 0) is 31.0 Å². The Kier molecular flexibility index (Phi) is 5.27. The van der Waals surface area contributed by atoms with Crippen LogP contribution in [-0.4, -0.2) is 40.2 Å². The highest BCUT2D eigenvalue weighted by Crippen LogP contribution is 2.38. The zero-order valence-corrected chi connectivity index (χ0v) is 13.1. The topological polar surface area (TPSA) is 77.8 Å². The van der Waals surface area contributed by atoms with Gasteiger partial charge in [0.25, 0.3) is 0 Å². The van der Waals surface area contributed by atoms with Crippen LogP contribution < -0.4 is 30.6 Å². The molecule has 6 heteroatoms. The van der Waals surface area contributed by atoms with Gasteiger partial charge in [-0.1, -0.05) is 0 Å². The molecular weight excluding hydrogens is 270 g/mol. The summed E-state index contributed by atoms with van der Waals surface area (Å²) in [5.41, 5.74) is 7.29. The van der Waals surface area contributed by atoms with Crippen molar-refractivity contribution in [1.29, 1.82) is 0 Å². The first kappa shape index (κ1) is 15.9. The van der Waals surface area contributed by atoms with E-state index in [9.17, 15) is 0 Å². The van der Waals surface area contributed by atoms with Crippen LogP contribution in [0.2, 0.25) is 0 Å². The molecule has 1 aromatic rings. The molecule has 0 aromatic heterocycles. The maximum absolute atomic E-state index is 6.18. The Morgan fingerprint density at radius 2 is 1.76 bits per heavy atom. The number of ether oxygens (including phenoxy) is 3. The summed E-state index contributed by atoms with van der Waals surface area (Å²) in [5, 5.41) is 6.69. The van der Waals surface area contributed by atoms with E-state index in [1.54, 1.807) is 21.3 Å². The summed E-state index contributed by atoms with van der Waals surface area (Å²) < 4.78 is 16.1. The van der Waals surface area contributed by atoms with Crippen molar-refractivity contribution in [3.05, 3.63) is 17.7 Å². The molecule has 0 saturated carbocycles. The number of hydrogen-bond donors (Lipinski definition) is 3. The molecule has 21 heavy (non-hydrogen) atoms. The number of benzene rings is 1. The molecule has 6 nitrogen and oxygen atoms in total. The summed E-state index contributed by atoms with van der Waals surface area (Å²) in [4.78, 5) is 0. The molecular formula is C15H25N3O3. The maximum Gasteiger partial charge on any atom is 0.203 e.